The molecule has 2 aromatic rings. The standard InChI is InChI=1S/C18H18Cl2N2O2/c1-11(16-8-5-14(19)9-17(16)20)21-10-18(24)22-15-6-3-13(4-7-15)12(2)23/h3-9,11,21H,10H2,1-2H3,(H,22,24)/t11-/m0/s1. The Morgan fingerprint density at radius 3 is 2.33 bits per heavy atom. The minimum absolute atomic E-state index is 0.0109. The predicted octanol–water partition coefficient (Wildman–Crippen LogP) is 4.49. The highest BCUT2D eigenvalue weighted by molar-refractivity contribution is 6.35. The summed E-state index contributed by atoms with van der Waals surface area (Å²) in [5.74, 6) is -0.189. The van der Waals surface area contributed by atoms with Gasteiger partial charge in [-0.15, -0.1) is 0 Å². The highest BCUT2D eigenvalue weighted by Crippen LogP contribution is 2.25. The van der Waals surface area contributed by atoms with E-state index in [4.69, 9.17) is 23.2 Å². The number of carbonyl (C=O) groups excluding carboxylic acids is 2. The maximum Gasteiger partial charge on any atom is 0.238 e. The largest absolute Gasteiger partial charge is 0.325 e. The minimum atomic E-state index is -0.178. The first-order valence-electron chi connectivity index (χ1n) is 7.46. The molecule has 0 aliphatic carbocycles. The van der Waals surface area contributed by atoms with Gasteiger partial charge in [-0.25, -0.2) is 0 Å². The summed E-state index contributed by atoms with van der Waals surface area (Å²) in [7, 11) is 0. The second-order valence-electron chi connectivity index (χ2n) is 5.45. The quantitative estimate of drug-likeness (QED) is 0.742. The van der Waals surface area contributed by atoms with Crippen molar-refractivity contribution in [1.29, 1.82) is 0 Å². The lowest BCUT2D eigenvalue weighted by Crippen LogP contribution is -2.30. The summed E-state index contributed by atoms with van der Waals surface area (Å²) < 4.78 is 0. The molecule has 4 nitrogen and oxygen atoms in total. The third kappa shape index (κ3) is 5.06. The van der Waals surface area contributed by atoms with Crippen molar-refractivity contribution in [2.75, 3.05) is 11.9 Å². The van der Waals surface area contributed by atoms with Gasteiger partial charge in [0.1, 0.15) is 0 Å². The number of hydrogen-bond acceptors (Lipinski definition) is 3. The highest BCUT2D eigenvalue weighted by atomic mass is 35.5. The zero-order valence-corrected chi connectivity index (χ0v) is 14.9. The fraction of sp³-hybridized carbons (Fsp3) is 0.222. The number of nitrogens with one attached hydrogen (secondary N) is 2. The van der Waals surface area contributed by atoms with Crippen LogP contribution in [0, 0.1) is 0 Å². The third-order valence-electron chi connectivity index (χ3n) is 3.57. The summed E-state index contributed by atoms with van der Waals surface area (Å²) in [6, 6.07) is 11.9. The molecule has 0 aliphatic heterocycles. The Morgan fingerprint density at radius 2 is 1.75 bits per heavy atom. The van der Waals surface area contributed by atoms with Crippen LogP contribution < -0.4 is 10.6 Å². The number of halogens is 2. The molecule has 0 bridgehead atoms. The van der Waals surface area contributed by atoms with Crippen molar-refractivity contribution < 1.29 is 9.59 Å². The molecule has 126 valence electrons. The fourth-order valence-electron chi connectivity index (χ4n) is 2.20. The van der Waals surface area contributed by atoms with Crippen LogP contribution in [0.4, 0.5) is 5.69 Å². The van der Waals surface area contributed by atoms with Crippen molar-refractivity contribution in [1.82, 2.24) is 5.32 Å². The number of benzene rings is 2. The van der Waals surface area contributed by atoms with E-state index in [1.165, 1.54) is 6.92 Å². The SMILES string of the molecule is CC(=O)c1ccc(NC(=O)CN[C@@H](C)c2ccc(Cl)cc2Cl)cc1. The average molecular weight is 365 g/mol. The molecule has 0 radical (unpaired) electrons. The molecule has 2 aromatic carbocycles. The van der Waals surface area contributed by atoms with Gasteiger partial charge in [0.2, 0.25) is 5.91 Å². The molecule has 0 saturated heterocycles. The van der Waals surface area contributed by atoms with Gasteiger partial charge in [-0.05, 0) is 55.8 Å². The molecule has 0 fully saturated rings. The van der Waals surface area contributed by atoms with Gasteiger partial charge in [-0.1, -0.05) is 29.3 Å². The maximum absolute atomic E-state index is 12.0. The molecule has 0 spiro atoms. The number of hydrogen-bond donors (Lipinski definition) is 2. The van der Waals surface area contributed by atoms with Crippen molar-refractivity contribution in [2.45, 2.75) is 19.9 Å². The molecule has 2 rings (SSSR count). The molecule has 0 unspecified atom stereocenters. The molecule has 2 N–H and O–H groups in total. The van der Waals surface area contributed by atoms with Crippen LogP contribution in [0.5, 0.6) is 0 Å². The monoisotopic (exact) mass is 364 g/mol. The molecule has 0 aromatic heterocycles. The molecule has 24 heavy (non-hydrogen) atoms. The van der Waals surface area contributed by atoms with Crippen LogP contribution >= 0.6 is 23.2 Å². The van der Waals surface area contributed by atoms with Crippen LogP contribution in [-0.2, 0) is 4.79 Å². The molecular formula is C18H18Cl2N2O2. The second-order valence-corrected chi connectivity index (χ2v) is 6.29. The summed E-state index contributed by atoms with van der Waals surface area (Å²) in [6.45, 7) is 3.55. The Hall–Kier alpha value is -1.88. The zero-order chi connectivity index (χ0) is 17.7. The Labute approximate surface area is 151 Å². The fourth-order valence-corrected chi connectivity index (χ4v) is 2.77. The summed E-state index contributed by atoms with van der Waals surface area (Å²) in [5, 5.41) is 7.02. The van der Waals surface area contributed by atoms with Crippen molar-refractivity contribution in [3.05, 3.63) is 63.6 Å². The van der Waals surface area contributed by atoms with Gasteiger partial charge in [0.15, 0.2) is 5.78 Å². The van der Waals surface area contributed by atoms with E-state index in [0.29, 0.717) is 21.3 Å². The molecule has 0 heterocycles. The smallest absolute Gasteiger partial charge is 0.238 e. The summed E-state index contributed by atoms with van der Waals surface area (Å²) in [6.07, 6.45) is 0. The van der Waals surface area contributed by atoms with Crippen LogP contribution in [0.3, 0.4) is 0 Å². The Bertz CT molecular complexity index is 745. The van der Waals surface area contributed by atoms with E-state index < -0.39 is 0 Å². The Balaban J connectivity index is 1.89. The summed E-state index contributed by atoms with van der Waals surface area (Å²) >= 11 is 12.0. The van der Waals surface area contributed by atoms with Crippen LogP contribution in [0.2, 0.25) is 10.0 Å². The normalized spacial score (nSPS) is 11.8. The second kappa shape index (κ2) is 8.29. The van der Waals surface area contributed by atoms with E-state index in [0.717, 1.165) is 5.56 Å². The summed E-state index contributed by atoms with van der Waals surface area (Å²) in [4.78, 5) is 23.2. The zero-order valence-electron chi connectivity index (χ0n) is 13.4. The van der Waals surface area contributed by atoms with E-state index in [1.54, 1.807) is 36.4 Å². The molecule has 0 aliphatic rings. The first kappa shape index (κ1) is 18.5. The lowest BCUT2D eigenvalue weighted by Gasteiger charge is -2.16. The van der Waals surface area contributed by atoms with Crippen molar-refractivity contribution in [3.8, 4) is 0 Å². The maximum atomic E-state index is 12.0. The Morgan fingerprint density at radius 1 is 1.08 bits per heavy atom. The number of rotatable bonds is 6. The van der Waals surface area contributed by atoms with Gasteiger partial charge in [0.05, 0.1) is 6.54 Å². The topological polar surface area (TPSA) is 58.2 Å². The number of amides is 1. The van der Waals surface area contributed by atoms with Crippen molar-refractivity contribution in [2.24, 2.45) is 0 Å². The highest BCUT2D eigenvalue weighted by Gasteiger charge is 2.11. The number of anilines is 1. The first-order valence-corrected chi connectivity index (χ1v) is 8.21. The minimum Gasteiger partial charge on any atom is -0.325 e. The first-order chi connectivity index (χ1) is 11.4. The van der Waals surface area contributed by atoms with Crippen molar-refractivity contribution >= 4 is 40.6 Å². The average Bonchev–Trinajstić information content (AvgIpc) is 2.53. The van der Waals surface area contributed by atoms with Gasteiger partial charge in [0.25, 0.3) is 0 Å². The molecule has 1 amide bonds. The van der Waals surface area contributed by atoms with E-state index in [9.17, 15) is 9.59 Å². The van der Waals surface area contributed by atoms with Crippen LogP contribution in [-0.4, -0.2) is 18.2 Å². The van der Waals surface area contributed by atoms with Crippen molar-refractivity contribution in [3.63, 3.8) is 0 Å². The lowest BCUT2D eigenvalue weighted by atomic mass is 10.1. The molecule has 1 atom stereocenters. The third-order valence-corrected chi connectivity index (χ3v) is 4.14. The van der Waals surface area contributed by atoms with E-state index in [2.05, 4.69) is 10.6 Å². The number of ketones is 1. The van der Waals surface area contributed by atoms with Crippen LogP contribution in [0.15, 0.2) is 42.5 Å². The van der Waals surface area contributed by atoms with E-state index >= 15 is 0 Å². The van der Waals surface area contributed by atoms with Gasteiger partial charge < -0.3 is 10.6 Å². The van der Waals surface area contributed by atoms with Crippen LogP contribution in [0.1, 0.15) is 35.8 Å². The number of Topliss-reactive ketones (excluding diaryl/α,β-unsaturated/α-hetero) is 1. The van der Waals surface area contributed by atoms with Gasteiger partial charge in [-0.2, -0.15) is 0 Å². The van der Waals surface area contributed by atoms with E-state index in [-0.39, 0.29) is 24.3 Å². The molecule has 0 saturated carbocycles. The van der Waals surface area contributed by atoms with E-state index in [1.807, 2.05) is 13.0 Å². The molecule has 6 heteroatoms. The predicted molar refractivity (Wildman–Crippen MR) is 98.0 cm³/mol. The van der Waals surface area contributed by atoms with Gasteiger partial charge >= 0.3 is 0 Å². The number of carbonyl (C=O) groups is 2. The summed E-state index contributed by atoms with van der Waals surface area (Å²) in [5.41, 5.74) is 2.13. The van der Waals surface area contributed by atoms with Crippen LogP contribution in [0.25, 0.3) is 0 Å². The molecular weight excluding hydrogens is 347 g/mol. The lowest BCUT2D eigenvalue weighted by molar-refractivity contribution is -0.115. The Kier molecular flexibility index (Phi) is 6.37. The van der Waals surface area contributed by atoms with Gasteiger partial charge in [0, 0.05) is 27.3 Å². The van der Waals surface area contributed by atoms with Gasteiger partial charge in [-0.3, -0.25) is 9.59 Å².